The molecule has 0 saturated carbocycles. The van der Waals surface area contributed by atoms with Crippen molar-refractivity contribution in [1.29, 1.82) is 0 Å². The molecule has 2 nitrogen and oxygen atoms in total. The minimum Gasteiger partial charge on any atom is -0.288 e. The third-order valence-corrected chi connectivity index (χ3v) is 4.28. The summed E-state index contributed by atoms with van der Waals surface area (Å²) in [4.78, 5) is 16.9. The Bertz CT molecular complexity index is 820. The first-order valence-electron chi connectivity index (χ1n) is 9.46. The fourth-order valence-electron chi connectivity index (χ4n) is 2.87. The van der Waals surface area contributed by atoms with Gasteiger partial charge in [-0.25, -0.2) is 0 Å². The molecule has 2 rings (SSSR count). The number of hydrogen-bond acceptors (Lipinski definition) is 2. The van der Waals surface area contributed by atoms with Gasteiger partial charge in [0.15, 0.2) is 5.78 Å². The average molecular weight is 387 g/mol. The van der Waals surface area contributed by atoms with E-state index in [1.165, 1.54) is 6.20 Å². The maximum absolute atomic E-state index is 13.2. The van der Waals surface area contributed by atoms with Crippen molar-refractivity contribution in [3.05, 3.63) is 77.3 Å². The second-order valence-corrected chi connectivity index (χ2v) is 6.62. The van der Waals surface area contributed by atoms with Crippen LogP contribution in [0.4, 0.5) is 13.2 Å². The lowest BCUT2D eigenvalue weighted by Gasteiger charge is -2.10. The minimum atomic E-state index is -4.39. The molecule has 148 valence electrons. The standard InChI is InChI=1S/C23H24F3NO/c1-2-3-4-6-12-19(22(28)20-13-9-14-27-17-20)15-21(16-23(24,25)26)18-10-7-5-8-11-18/h5,7-11,13-14,17H,2-4,6,12,16H2,1H3. The molecule has 0 fully saturated rings. The maximum atomic E-state index is 13.2. The Morgan fingerprint density at radius 2 is 1.71 bits per heavy atom. The molecule has 0 unspecified atom stereocenters. The number of rotatable bonds is 9. The number of Topliss-reactive ketones (excluding diaryl/α,β-unsaturated/α-hetero) is 1. The number of carbonyl (C=O) groups excluding carboxylic acids is 1. The normalized spacial score (nSPS) is 11.0. The summed E-state index contributed by atoms with van der Waals surface area (Å²) < 4.78 is 39.5. The van der Waals surface area contributed by atoms with Crippen LogP contribution in [0.5, 0.6) is 0 Å². The number of alkyl halides is 3. The first-order valence-corrected chi connectivity index (χ1v) is 9.46. The van der Waals surface area contributed by atoms with Gasteiger partial charge < -0.3 is 0 Å². The van der Waals surface area contributed by atoms with Crippen molar-refractivity contribution in [1.82, 2.24) is 4.98 Å². The molecule has 0 aliphatic heterocycles. The molecule has 2 aromatic rings. The second kappa shape index (κ2) is 10.6. The van der Waals surface area contributed by atoms with Crippen molar-refractivity contribution in [2.45, 2.75) is 51.6 Å². The Morgan fingerprint density at radius 1 is 1.00 bits per heavy atom. The Balaban J connectivity index is 2.50. The van der Waals surface area contributed by atoms with E-state index in [1.54, 1.807) is 48.7 Å². The van der Waals surface area contributed by atoms with E-state index < -0.39 is 12.6 Å². The fraction of sp³-hybridized carbons (Fsp3) is 0.348. The maximum Gasteiger partial charge on any atom is 0.393 e. The van der Waals surface area contributed by atoms with E-state index in [4.69, 9.17) is 0 Å². The van der Waals surface area contributed by atoms with Gasteiger partial charge in [0.2, 0.25) is 0 Å². The number of benzene rings is 1. The highest BCUT2D eigenvalue weighted by Crippen LogP contribution is 2.30. The molecule has 0 radical (unpaired) electrons. The van der Waals surface area contributed by atoms with Crippen LogP contribution in [-0.4, -0.2) is 16.9 Å². The van der Waals surface area contributed by atoms with E-state index in [0.29, 0.717) is 17.5 Å². The molecule has 0 spiro atoms. The highest BCUT2D eigenvalue weighted by atomic mass is 19.4. The number of carbonyl (C=O) groups is 1. The number of unbranched alkanes of at least 4 members (excludes halogenated alkanes) is 3. The molecule has 0 saturated heterocycles. The highest BCUT2D eigenvalue weighted by Gasteiger charge is 2.29. The molecular weight excluding hydrogens is 363 g/mol. The van der Waals surface area contributed by atoms with Crippen molar-refractivity contribution >= 4 is 11.4 Å². The van der Waals surface area contributed by atoms with Gasteiger partial charge in [-0.2, -0.15) is 13.2 Å². The van der Waals surface area contributed by atoms with Gasteiger partial charge in [-0.05, 0) is 30.5 Å². The summed E-state index contributed by atoms with van der Waals surface area (Å²) in [5.74, 6) is -0.319. The van der Waals surface area contributed by atoms with Crippen LogP contribution in [0.25, 0.3) is 5.57 Å². The highest BCUT2D eigenvalue weighted by molar-refractivity contribution is 6.08. The third kappa shape index (κ3) is 7.16. The smallest absolute Gasteiger partial charge is 0.288 e. The number of ketones is 1. The zero-order valence-corrected chi connectivity index (χ0v) is 15.9. The minimum absolute atomic E-state index is 0.0177. The number of aromatic nitrogens is 1. The van der Waals surface area contributed by atoms with Gasteiger partial charge in [-0.1, -0.05) is 56.5 Å². The van der Waals surface area contributed by atoms with E-state index in [9.17, 15) is 18.0 Å². The van der Waals surface area contributed by atoms with Crippen molar-refractivity contribution in [2.75, 3.05) is 0 Å². The van der Waals surface area contributed by atoms with Gasteiger partial charge >= 0.3 is 6.18 Å². The van der Waals surface area contributed by atoms with Crippen LogP contribution in [0.1, 0.15) is 61.4 Å². The van der Waals surface area contributed by atoms with E-state index in [-0.39, 0.29) is 16.9 Å². The van der Waals surface area contributed by atoms with Gasteiger partial charge in [-0.15, -0.1) is 5.73 Å². The zero-order valence-electron chi connectivity index (χ0n) is 15.9. The van der Waals surface area contributed by atoms with E-state index in [0.717, 1.165) is 25.7 Å². The second-order valence-electron chi connectivity index (χ2n) is 6.62. The zero-order chi connectivity index (χ0) is 20.4. The lowest BCUT2D eigenvalue weighted by molar-refractivity contribution is -0.122. The summed E-state index contributed by atoms with van der Waals surface area (Å²) in [7, 11) is 0. The molecule has 28 heavy (non-hydrogen) atoms. The number of hydrogen-bond donors (Lipinski definition) is 0. The SMILES string of the molecule is CCCCCCC(=C=C(CC(F)(F)F)c1ccccc1)C(=O)c1cccnc1. The topological polar surface area (TPSA) is 30.0 Å². The van der Waals surface area contributed by atoms with Crippen molar-refractivity contribution in [3.8, 4) is 0 Å². The Hall–Kier alpha value is -2.65. The van der Waals surface area contributed by atoms with E-state index in [2.05, 4.69) is 17.6 Å². The summed E-state index contributed by atoms with van der Waals surface area (Å²) >= 11 is 0. The number of halogens is 3. The predicted octanol–water partition coefficient (Wildman–Crippen LogP) is 6.80. The number of allylic oxidation sites excluding steroid dienone is 1. The van der Waals surface area contributed by atoms with Crippen LogP contribution < -0.4 is 0 Å². The lowest BCUT2D eigenvalue weighted by atomic mass is 9.96. The summed E-state index contributed by atoms with van der Waals surface area (Å²) in [6.07, 6.45) is 1.57. The van der Waals surface area contributed by atoms with Gasteiger partial charge in [0, 0.05) is 29.1 Å². The number of pyridine rings is 1. The Kier molecular flexibility index (Phi) is 8.21. The van der Waals surface area contributed by atoms with Crippen LogP contribution in [-0.2, 0) is 0 Å². The predicted molar refractivity (Wildman–Crippen MR) is 105 cm³/mol. The van der Waals surface area contributed by atoms with Gasteiger partial charge in [0.25, 0.3) is 0 Å². The lowest BCUT2D eigenvalue weighted by Crippen LogP contribution is -2.09. The molecule has 0 bridgehead atoms. The number of nitrogens with zero attached hydrogens (tertiary/aromatic N) is 1. The Labute approximate surface area is 163 Å². The van der Waals surface area contributed by atoms with Crippen LogP contribution in [0.3, 0.4) is 0 Å². The van der Waals surface area contributed by atoms with Crippen molar-refractivity contribution in [2.24, 2.45) is 0 Å². The van der Waals surface area contributed by atoms with Gasteiger partial charge in [0.1, 0.15) is 0 Å². The van der Waals surface area contributed by atoms with E-state index >= 15 is 0 Å². The molecular formula is C23H24F3NO. The molecule has 5 heteroatoms. The van der Waals surface area contributed by atoms with Crippen LogP contribution >= 0.6 is 0 Å². The third-order valence-electron chi connectivity index (χ3n) is 4.28. The van der Waals surface area contributed by atoms with Crippen LogP contribution in [0.15, 0.2) is 66.2 Å². The molecule has 0 atom stereocenters. The average Bonchev–Trinajstić information content (AvgIpc) is 2.69. The monoisotopic (exact) mass is 387 g/mol. The molecule has 1 heterocycles. The largest absolute Gasteiger partial charge is 0.393 e. The summed E-state index contributed by atoms with van der Waals surface area (Å²) in [6.45, 7) is 2.08. The molecule has 1 aromatic heterocycles. The fourth-order valence-corrected chi connectivity index (χ4v) is 2.87. The molecule has 0 aliphatic rings. The molecule has 1 aromatic carbocycles. The van der Waals surface area contributed by atoms with Crippen LogP contribution in [0, 0.1) is 0 Å². The summed E-state index contributed by atoms with van der Waals surface area (Å²) in [5.41, 5.74) is 3.87. The molecule has 0 amide bonds. The molecule has 0 N–H and O–H groups in total. The Morgan fingerprint density at radius 3 is 2.32 bits per heavy atom. The summed E-state index contributed by atoms with van der Waals surface area (Å²) in [5, 5.41) is 0. The van der Waals surface area contributed by atoms with E-state index in [1.807, 2.05) is 0 Å². The first-order chi connectivity index (χ1) is 13.4. The summed E-state index contributed by atoms with van der Waals surface area (Å²) in [6, 6.07) is 11.6. The quantitative estimate of drug-likeness (QED) is 0.205. The van der Waals surface area contributed by atoms with Crippen molar-refractivity contribution in [3.63, 3.8) is 0 Å². The molecule has 0 aliphatic carbocycles. The van der Waals surface area contributed by atoms with Crippen molar-refractivity contribution < 1.29 is 18.0 Å². The first kappa shape index (κ1) is 21.6. The van der Waals surface area contributed by atoms with Gasteiger partial charge in [0.05, 0.1) is 6.42 Å². The van der Waals surface area contributed by atoms with Gasteiger partial charge in [-0.3, -0.25) is 9.78 Å². The van der Waals surface area contributed by atoms with Crippen LogP contribution in [0.2, 0.25) is 0 Å².